The van der Waals surface area contributed by atoms with Crippen LogP contribution in [0.5, 0.6) is 28.7 Å². The van der Waals surface area contributed by atoms with Gasteiger partial charge < -0.3 is 45.0 Å². The van der Waals surface area contributed by atoms with Crippen LogP contribution in [0, 0.1) is 6.92 Å². The van der Waals surface area contributed by atoms with Crippen LogP contribution >= 0.6 is 23.2 Å². The van der Waals surface area contributed by atoms with E-state index < -0.39 is 0 Å². The maximum absolute atomic E-state index is 11.9. The number of ether oxygens (including phenoxy) is 5. The Kier molecular flexibility index (Phi) is 16.7. The molecule has 0 bridgehead atoms. The number of halogens is 2. The standard InChI is InChI=1S/C26H28Cl2N4O3.C26H30N4O4/c1-5-22(33)30-17-8-6-7-9-18(17)31-26-29-13-15-11-16(20(34-3)12-19(15)32-26)23-24(27)14(2)10-21(35-4)25(23)28;1-5-25(31)28-21-8-6-7-9-22(21)29-26-27-15-17-12-20(24(34-4)14-23(17)30-26)16-10-18(32-2)13-19(11-16)33-3/h5,10-13,17-18H,1,6-9H2,2-4H3,(H,30,33)(H,29,31,32);5,10-15,21-22H,1,6-9H2,2-4H3,(H,28,31)(H,27,29,30). The number of fused-ring (bicyclic) bond motifs is 2. The quantitative estimate of drug-likeness (QED) is 0.0715. The summed E-state index contributed by atoms with van der Waals surface area (Å²) in [5.41, 5.74) is 5.45. The van der Waals surface area contributed by atoms with Crippen molar-refractivity contribution in [1.29, 1.82) is 0 Å². The lowest BCUT2D eigenvalue weighted by atomic mass is 9.90. The normalized spacial score (nSPS) is 17.6. The molecule has 4 atom stereocenters. The number of methoxy groups -OCH3 is 5. The maximum Gasteiger partial charge on any atom is 0.243 e. The highest BCUT2D eigenvalue weighted by Gasteiger charge is 2.28. The third-order valence-corrected chi connectivity index (χ3v) is 13.4. The summed E-state index contributed by atoms with van der Waals surface area (Å²) in [4.78, 5) is 42.2. The van der Waals surface area contributed by atoms with Gasteiger partial charge in [-0.05, 0) is 86.2 Å². The van der Waals surface area contributed by atoms with Crippen molar-refractivity contribution in [1.82, 2.24) is 30.6 Å². The van der Waals surface area contributed by atoms with E-state index in [1.54, 1.807) is 54.0 Å². The zero-order chi connectivity index (χ0) is 49.2. The number of carbonyl (C=O) groups is 2. The van der Waals surface area contributed by atoms with Gasteiger partial charge in [0.05, 0.1) is 56.6 Å². The summed E-state index contributed by atoms with van der Waals surface area (Å²) in [7, 11) is 8.04. The second kappa shape index (κ2) is 23.0. The van der Waals surface area contributed by atoms with Crippen molar-refractivity contribution in [2.75, 3.05) is 46.2 Å². The van der Waals surface area contributed by atoms with Crippen LogP contribution in [0.25, 0.3) is 44.1 Å². The molecular formula is C52H58Cl2N8O7. The molecule has 0 aliphatic heterocycles. The number of nitrogens with one attached hydrogen (secondary N) is 4. The molecule has 362 valence electrons. The fourth-order valence-corrected chi connectivity index (χ4v) is 9.50. The van der Waals surface area contributed by atoms with Gasteiger partial charge in [0.25, 0.3) is 0 Å². The smallest absolute Gasteiger partial charge is 0.243 e. The predicted octanol–water partition coefficient (Wildman–Crippen LogP) is 10.3. The van der Waals surface area contributed by atoms with Crippen LogP contribution in [-0.4, -0.2) is 91.5 Å². The highest BCUT2D eigenvalue weighted by Crippen LogP contribution is 2.47. The van der Waals surface area contributed by atoms with E-state index in [9.17, 15) is 9.59 Å². The average molecular weight is 978 g/mol. The van der Waals surface area contributed by atoms with Gasteiger partial charge in [0, 0.05) is 82.2 Å². The molecule has 2 heterocycles. The third-order valence-electron chi connectivity index (χ3n) is 12.5. The van der Waals surface area contributed by atoms with Crippen molar-refractivity contribution in [3.63, 3.8) is 0 Å². The van der Waals surface area contributed by atoms with Crippen LogP contribution < -0.4 is 45.0 Å². The van der Waals surface area contributed by atoms with Crippen molar-refractivity contribution in [2.45, 2.75) is 82.5 Å². The lowest BCUT2D eigenvalue weighted by Crippen LogP contribution is -2.48. The van der Waals surface area contributed by atoms with Gasteiger partial charge in [0.2, 0.25) is 23.7 Å². The summed E-state index contributed by atoms with van der Waals surface area (Å²) in [5, 5.41) is 15.5. The van der Waals surface area contributed by atoms with Gasteiger partial charge in [-0.3, -0.25) is 9.59 Å². The lowest BCUT2D eigenvalue weighted by Gasteiger charge is -2.32. The molecule has 2 aliphatic rings. The number of benzene rings is 4. The van der Waals surface area contributed by atoms with Gasteiger partial charge in [0.1, 0.15) is 28.7 Å². The summed E-state index contributed by atoms with van der Waals surface area (Å²) >= 11 is 13.3. The molecule has 2 aromatic heterocycles. The average Bonchev–Trinajstić information content (AvgIpc) is 3.37. The molecule has 2 fully saturated rings. The summed E-state index contributed by atoms with van der Waals surface area (Å²) in [6.07, 6.45) is 14.1. The number of aryl methyl sites for hydroxylation is 1. The number of rotatable bonds is 15. The van der Waals surface area contributed by atoms with Crippen LogP contribution in [0.3, 0.4) is 0 Å². The molecule has 69 heavy (non-hydrogen) atoms. The minimum absolute atomic E-state index is 0.00829. The first-order valence-corrected chi connectivity index (χ1v) is 23.5. The van der Waals surface area contributed by atoms with E-state index >= 15 is 0 Å². The minimum atomic E-state index is -0.175. The first kappa shape index (κ1) is 50.0. The largest absolute Gasteiger partial charge is 0.497 e. The van der Waals surface area contributed by atoms with Crippen LogP contribution in [0.1, 0.15) is 56.9 Å². The Balaban J connectivity index is 0.000000204. The van der Waals surface area contributed by atoms with Crippen molar-refractivity contribution < 1.29 is 33.3 Å². The van der Waals surface area contributed by atoms with E-state index in [1.807, 2.05) is 49.4 Å². The minimum Gasteiger partial charge on any atom is -0.497 e. The monoisotopic (exact) mass is 976 g/mol. The van der Waals surface area contributed by atoms with E-state index in [-0.39, 0.29) is 36.0 Å². The van der Waals surface area contributed by atoms with Gasteiger partial charge in [-0.1, -0.05) is 62.0 Å². The van der Waals surface area contributed by atoms with Crippen molar-refractivity contribution in [2.24, 2.45) is 0 Å². The summed E-state index contributed by atoms with van der Waals surface area (Å²) < 4.78 is 27.7. The molecule has 0 saturated heterocycles. The number of hydrogen-bond acceptors (Lipinski definition) is 13. The Labute approximate surface area is 412 Å². The first-order valence-electron chi connectivity index (χ1n) is 22.8. The fraction of sp³-hybridized carbons (Fsp3) is 0.346. The van der Waals surface area contributed by atoms with Gasteiger partial charge in [0.15, 0.2) is 0 Å². The van der Waals surface area contributed by atoms with E-state index in [2.05, 4.69) is 44.4 Å². The third kappa shape index (κ3) is 11.7. The topological polar surface area (TPSA) is 180 Å². The number of aromatic nitrogens is 4. The van der Waals surface area contributed by atoms with Gasteiger partial charge in [-0.15, -0.1) is 0 Å². The molecule has 6 aromatic rings. The fourth-order valence-electron chi connectivity index (χ4n) is 8.87. The van der Waals surface area contributed by atoms with Crippen molar-refractivity contribution in [3.8, 4) is 51.0 Å². The molecule has 2 amide bonds. The lowest BCUT2D eigenvalue weighted by molar-refractivity contribution is -0.118. The molecule has 2 saturated carbocycles. The Bertz CT molecular complexity index is 2840. The number of nitrogens with zero attached hydrogens (tertiary/aromatic N) is 4. The van der Waals surface area contributed by atoms with E-state index in [0.717, 1.165) is 89.9 Å². The number of amides is 2. The van der Waals surface area contributed by atoms with E-state index in [1.165, 1.54) is 12.2 Å². The summed E-state index contributed by atoms with van der Waals surface area (Å²) in [5.74, 6) is 3.85. The van der Waals surface area contributed by atoms with Crippen LogP contribution in [0.2, 0.25) is 10.0 Å². The predicted molar refractivity (Wildman–Crippen MR) is 273 cm³/mol. The summed E-state index contributed by atoms with van der Waals surface area (Å²) in [6, 6.07) is 15.3. The first-order chi connectivity index (χ1) is 33.4. The second-order valence-corrected chi connectivity index (χ2v) is 17.6. The molecule has 4 N–H and O–H groups in total. The maximum atomic E-state index is 11.9. The summed E-state index contributed by atoms with van der Waals surface area (Å²) in [6.45, 7) is 9.00. The highest BCUT2D eigenvalue weighted by molar-refractivity contribution is 6.40. The van der Waals surface area contributed by atoms with Crippen LogP contribution in [0.4, 0.5) is 11.9 Å². The van der Waals surface area contributed by atoms with Crippen LogP contribution in [-0.2, 0) is 9.59 Å². The highest BCUT2D eigenvalue weighted by atomic mass is 35.5. The second-order valence-electron chi connectivity index (χ2n) is 16.8. The molecule has 17 heteroatoms. The number of anilines is 2. The number of carbonyl (C=O) groups excluding carboxylic acids is 2. The molecule has 8 rings (SSSR count). The zero-order valence-electron chi connectivity index (χ0n) is 39.7. The van der Waals surface area contributed by atoms with Crippen molar-refractivity contribution in [3.05, 3.63) is 102 Å². The molecule has 0 radical (unpaired) electrons. The Morgan fingerprint density at radius 3 is 1.48 bits per heavy atom. The molecule has 4 unspecified atom stereocenters. The Hall–Kier alpha value is -6.84. The number of hydrogen-bond donors (Lipinski definition) is 4. The Morgan fingerprint density at radius 1 is 0.580 bits per heavy atom. The molecule has 15 nitrogen and oxygen atoms in total. The van der Waals surface area contributed by atoms with E-state index in [0.29, 0.717) is 61.8 Å². The molecule has 4 aromatic carbocycles. The van der Waals surface area contributed by atoms with Crippen LogP contribution in [0.15, 0.2) is 86.2 Å². The van der Waals surface area contributed by atoms with E-state index in [4.69, 9.17) is 56.9 Å². The molecule has 2 aliphatic carbocycles. The Morgan fingerprint density at radius 2 is 1.03 bits per heavy atom. The van der Waals surface area contributed by atoms with Gasteiger partial charge >= 0.3 is 0 Å². The zero-order valence-corrected chi connectivity index (χ0v) is 41.2. The molecular weight excluding hydrogens is 920 g/mol. The SMILES string of the molecule is C=CC(=O)NC1CCCCC1Nc1ncc2cc(-c3c(Cl)c(C)cc(OC)c3Cl)c(OC)cc2n1.C=CC(=O)NC1CCCCC1Nc1ncc2cc(-c3cc(OC)cc(OC)c3)c(OC)cc2n1. The van der Waals surface area contributed by atoms with Crippen molar-refractivity contribution >= 4 is 68.7 Å². The van der Waals surface area contributed by atoms with Gasteiger partial charge in [-0.2, -0.15) is 0 Å². The molecule has 0 spiro atoms. The van der Waals surface area contributed by atoms with Gasteiger partial charge in [-0.25, -0.2) is 19.9 Å².